The maximum Gasteiger partial charge on any atom is 0.293 e. The molecule has 1 N–H and O–H groups in total. The molecule has 0 aliphatic heterocycles. The summed E-state index contributed by atoms with van der Waals surface area (Å²) < 4.78 is 4.78. The van der Waals surface area contributed by atoms with Crippen molar-refractivity contribution in [3.05, 3.63) is 17.7 Å². The van der Waals surface area contributed by atoms with Gasteiger partial charge >= 0.3 is 0 Å². The third-order valence-electron chi connectivity index (χ3n) is 2.35. The number of hydrogen-bond acceptors (Lipinski definition) is 3. The number of nitrogens with zero attached hydrogens (tertiary/aromatic N) is 1. The zero-order chi connectivity index (χ0) is 10.4. The molecule has 1 aromatic rings. The van der Waals surface area contributed by atoms with E-state index in [4.69, 9.17) is 4.74 Å². The first-order chi connectivity index (χ1) is 6.83. The Balaban J connectivity index is 2.72. The Bertz CT molecular complexity index is 283. The lowest BCUT2D eigenvalue weighted by Crippen LogP contribution is -2.09. The fraction of sp³-hybridized carbons (Fsp3) is 0.600. The van der Waals surface area contributed by atoms with Gasteiger partial charge in [-0.1, -0.05) is 13.8 Å². The molecule has 4 heteroatoms. The number of aryl methyl sites for hydroxylation is 1. The molecule has 4 nitrogen and oxygen atoms in total. The second kappa shape index (κ2) is 5.42. The van der Waals surface area contributed by atoms with Crippen LogP contribution in [-0.4, -0.2) is 23.0 Å². The molecule has 0 amide bonds. The lowest BCUT2D eigenvalue weighted by molar-refractivity contribution is -0.129. The van der Waals surface area contributed by atoms with Crippen LogP contribution in [0, 0.1) is 0 Å². The molecule has 14 heavy (non-hydrogen) atoms. The minimum atomic E-state index is 0.210. The van der Waals surface area contributed by atoms with Crippen molar-refractivity contribution in [2.45, 2.75) is 32.6 Å². The Kier molecular flexibility index (Phi) is 4.16. The van der Waals surface area contributed by atoms with Crippen molar-refractivity contribution < 1.29 is 9.53 Å². The van der Waals surface area contributed by atoms with Crippen molar-refractivity contribution in [1.82, 2.24) is 9.97 Å². The molecular formula is C10H16N2O2. The predicted octanol–water partition coefficient (Wildman–Crippen LogP) is 1.64. The minimum Gasteiger partial charge on any atom is -0.467 e. The SMILES string of the molecule is CCc1[nH]cnc1C(CC)COC=O. The van der Waals surface area contributed by atoms with Crippen molar-refractivity contribution >= 4 is 6.47 Å². The zero-order valence-corrected chi connectivity index (χ0v) is 8.62. The van der Waals surface area contributed by atoms with Gasteiger partial charge in [-0.25, -0.2) is 4.98 Å². The Morgan fingerprint density at radius 3 is 3.00 bits per heavy atom. The van der Waals surface area contributed by atoms with Gasteiger partial charge in [0.25, 0.3) is 6.47 Å². The summed E-state index contributed by atoms with van der Waals surface area (Å²) in [7, 11) is 0. The fourth-order valence-electron chi connectivity index (χ4n) is 1.51. The van der Waals surface area contributed by atoms with Crippen LogP contribution in [0.2, 0.25) is 0 Å². The quantitative estimate of drug-likeness (QED) is 0.704. The Morgan fingerprint density at radius 2 is 2.43 bits per heavy atom. The number of H-pyrrole nitrogens is 1. The number of aromatic amines is 1. The second-order valence-electron chi connectivity index (χ2n) is 3.15. The molecule has 0 aromatic carbocycles. The Labute approximate surface area is 83.7 Å². The van der Waals surface area contributed by atoms with Gasteiger partial charge in [0.2, 0.25) is 0 Å². The van der Waals surface area contributed by atoms with E-state index in [1.165, 1.54) is 0 Å². The number of nitrogens with one attached hydrogen (secondary N) is 1. The molecule has 0 fully saturated rings. The molecule has 78 valence electrons. The third kappa shape index (κ3) is 2.34. The van der Waals surface area contributed by atoms with Crippen LogP contribution in [0.1, 0.15) is 37.6 Å². The lowest BCUT2D eigenvalue weighted by atomic mass is 10.0. The van der Waals surface area contributed by atoms with Gasteiger partial charge in [-0.05, 0) is 12.8 Å². The van der Waals surface area contributed by atoms with Crippen molar-refractivity contribution in [2.75, 3.05) is 6.61 Å². The Hall–Kier alpha value is -1.32. The molecule has 0 saturated heterocycles. The molecule has 1 unspecified atom stereocenters. The first-order valence-corrected chi connectivity index (χ1v) is 4.90. The Morgan fingerprint density at radius 1 is 1.64 bits per heavy atom. The molecule has 1 aromatic heterocycles. The van der Waals surface area contributed by atoms with E-state index in [0.29, 0.717) is 13.1 Å². The lowest BCUT2D eigenvalue weighted by Gasteiger charge is -2.12. The third-order valence-corrected chi connectivity index (χ3v) is 2.35. The summed E-state index contributed by atoms with van der Waals surface area (Å²) >= 11 is 0. The van der Waals surface area contributed by atoms with Crippen LogP contribution < -0.4 is 0 Å². The second-order valence-corrected chi connectivity index (χ2v) is 3.15. The van der Waals surface area contributed by atoms with Crippen LogP contribution in [0.3, 0.4) is 0 Å². The van der Waals surface area contributed by atoms with Crippen LogP contribution in [0.25, 0.3) is 0 Å². The summed E-state index contributed by atoms with van der Waals surface area (Å²) in [5.74, 6) is 0.210. The summed E-state index contributed by atoms with van der Waals surface area (Å²) in [6.07, 6.45) is 3.54. The van der Waals surface area contributed by atoms with Gasteiger partial charge in [0.05, 0.1) is 18.6 Å². The molecule has 0 aliphatic rings. The van der Waals surface area contributed by atoms with Crippen LogP contribution in [-0.2, 0) is 16.0 Å². The van der Waals surface area contributed by atoms with Crippen LogP contribution in [0.5, 0.6) is 0 Å². The maximum atomic E-state index is 10.1. The average Bonchev–Trinajstić information content (AvgIpc) is 2.67. The van der Waals surface area contributed by atoms with Crippen molar-refractivity contribution in [3.63, 3.8) is 0 Å². The summed E-state index contributed by atoms with van der Waals surface area (Å²) in [4.78, 5) is 17.5. The van der Waals surface area contributed by atoms with Crippen molar-refractivity contribution in [2.24, 2.45) is 0 Å². The molecule has 0 spiro atoms. The number of rotatable bonds is 6. The number of imidazole rings is 1. The number of hydrogen-bond donors (Lipinski definition) is 1. The molecule has 0 bridgehead atoms. The van der Waals surface area contributed by atoms with Gasteiger partial charge in [-0.3, -0.25) is 4.79 Å². The van der Waals surface area contributed by atoms with Gasteiger partial charge in [0.1, 0.15) is 0 Å². The van der Waals surface area contributed by atoms with E-state index >= 15 is 0 Å². The number of carbonyl (C=O) groups excluding carboxylic acids is 1. The molecule has 1 rings (SSSR count). The normalized spacial score (nSPS) is 12.4. The maximum absolute atomic E-state index is 10.1. The van der Waals surface area contributed by atoms with Gasteiger partial charge in [0, 0.05) is 11.6 Å². The van der Waals surface area contributed by atoms with E-state index in [9.17, 15) is 4.79 Å². The van der Waals surface area contributed by atoms with E-state index < -0.39 is 0 Å². The number of aromatic nitrogens is 2. The largest absolute Gasteiger partial charge is 0.467 e. The van der Waals surface area contributed by atoms with Crippen molar-refractivity contribution in [3.8, 4) is 0 Å². The minimum absolute atomic E-state index is 0.210. The van der Waals surface area contributed by atoms with Crippen LogP contribution in [0.15, 0.2) is 6.33 Å². The molecule has 0 aliphatic carbocycles. The van der Waals surface area contributed by atoms with Gasteiger partial charge < -0.3 is 9.72 Å². The molecule has 1 atom stereocenters. The van der Waals surface area contributed by atoms with E-state index in [-0.39, 0.29) is 5.92 Å². The number of ether oxygens (including phenoxy) is 1. The molecule has 0 radical (unpaired) electrons. The predicted molar refractivity (Wildman–Crippen MR) is 53.0 cm³/mol. The van der Waals surface area contributed by atoms with E-state index in [1.807, 2.05) is 0 Å². The number of carbonyl (C=O) groups is 1. The fourth-order valence-corrected chi connectivity index (χ4v) is 1.51. The highest BCUT2D eigenvalue weighted by Gasteiger charge is 2.15. The average molecular weight is 196 g/mol. The summed E-state index contributed by atoms with van der Waals surface area (Å²) in [5, 5.41) is 0. The highest BCUT2D eigenvalue weighted by atomic mass is 16.5. The smallest absolute Gasteiger partial charge is 0.293 e. The van der Waals surface area contributed by atoms with E-state index in [0.717, 1.165) is 24.2 Å². The highest BCUT2D eigenvalue weighted by Crippen LogP contribution is 2.20. The van der Waals surface area contributed by atoms with Crippen LogP contribution >= 0.6 is 0 Å². The van der Waals surface area contributed by atoms with Gasteiger partial charge in [-0.2, -0.15) is 0 Å². The van der Waals surface area contributed by atoms with E-state index in [1.54, 1.807) is 6.33 Å². The standard InChI is InChI=1S/C10H16N2O2/c1-3-8(5-14-7-13)10-9(4-2)11-6-12-10/h6-8H,3-5H2,1-2H3,(H,11,12). The molecule has 1 heterocycles. The zero-order valence-electron chi connectivity index (χ0n) is 8.62. The van der Waals surface area contributed by atoms with Gasteiger partial charge in [0.15, 0.2) is 0 Å². The summed E-state index contributed by atoms with van der Waals surface area (Å²) in [6.45, 7) is 5.04. The molecule has 0 saturated carbocycles. The topological polar surface area (TPSA) is 55.0 Å². The molecular weight excluding hydrogens is 180 g/mol. The van der Waals surface area contributed by atoms with Crippen LogP contribution in [0.4, 0.5) is 0 Å². The monoisotopic (exact) mass is 196 g/mol. The first kappa shape index (κ1) is 10.8. The summed E-state index contributed by atoms with van der Waals surface area (Å²) in [6, 6.07) is 0. The van der Waals surface area contributed by atoms with Gasteiger partial charge in [-0.15, -0.1) is 0 Å². The highest BCUT2D eigenvalue weighted by molar-refractivity contribution is 5.37. The van der Waals surface area contributed by atoms with E-state index in [2.05, 4.69) is 23.8 Å². The summed E-state index contributed by atoms with van der Waals surface area (Å²) in [5.41, 5.74) is 2.16. The first-order valence-electron chi connectivity index (χ1n) is 4.90. The van der Waals surface area contributed by atoms with Crippen molar-refractivity contribution in [1.29, 1.82) is 0 Å².